The van der Waals surface area contributed by atoms with Gasteiger partial charge in [-0.05, 0) is 24.5 Å². The Balaban J connectivity index is 3.29. The van der Waals surface area contributed by atoms with Gasteiger partial charge in [0.1, 0.15) is 11.8 Å². The van der Waals surface area contributed by atoms with Gasteiger partial charge in [0.05, 0.1) is 17.6 Å². The van der Waals surface area contributed by atoms with Crippen molar-refractivity contribution >= 4 is 16.0 Å². The van der Waals surface area contributed by atoms with Crippen LogP contribution in [0.15, 0.2) is 23.1 Å². The minimum absolute atomic E-state index is 0.00927. The topological polar surface area (TPSA) is 92.7 Å². The number of ether oxygens (including phenoxy) is 1. The van der Waals surface area contributed by atoms with Crippen molar-refractivity contribution < 1.29 is 36.2 Å². The Morgan fingerprint density at radius 1 is 1.29 bits per heavy atom. The molecule has 1 aromatic rings. The fraction of sp³-hybridized carbons (Fsp3) is 0.500. The van der Waals surface area contributed by atoms with E-state index in [9.17, 15) is 26.4 Å². The van der Waals surface area contributed by atoms with Crippen molar-refractivity contribution in [2.75, 3.05) is 7.11 Å². The largest absolute Gasteiger partial charge is 0.497 e. The number of benzene rings is 1. The molecule has 0 radical (unpaired) electrons. The van der Waals surface area contributed by atoms with Crippen LogP contribution < -0.4 is 9.46 Å². The predicted octanol–water partition coefficient (Wildman–Crippen LogP) is 2.49. The van der Waals surface area contributed by atoms with Gasteiger partial charge in [0, 0.05) is 6.07 Å². The SMILES string of the molecule is COc1cc(C(F)(F)F)cc(S(=O)(=O)N[C@@H](CC(C)C)C(=O)O)c1. The highest BCUT2D eigenvalue weighted by Crippen LogP contribution is 2.33. The summed E-state index contributed by atoms with van der Waals surface area (Å²) in [5, 5.41) is 9.09. The summed E-state index contributed by atoms with van der Waals surface area (Å²) in [6, 6.07) is 0.530. The first kappa shape index (κ1) is 20.2. The Kier molecular flexibility index (Phi) is 6.23. The summed E-state index contributed by atoms with van der Waals surface area (Å²) in [7, 11) is -3.38. The first-order valence-electron chi connectivity index (χ1n) is 6.88. The molecular weight excluding hydrogens is 351 g/mol. The standard InChI is InChI=1S/C14H18F3NO5S/c1-8(2)4-12(13(19)20)18-24(21,22)11-6-9(14(15,16)17)5-10(7-11)23-3/h5-8,12,18H,4H2,1-3H3,(H,19,20)/t12-/m0/s1. The number of hydrogen-bond acceptors (Lipinski definition) is 4. The third kappa shape index (κ3) is 5.38. The molecule has 2 N–H and O–H groups in total. The first-order valence-corrected chi connectivity index (χ1v) is 8.36. The Morgan fingerprint density at radius 2 is 1.88 bits per heavy atom. The van der Waals surface area contributed by atoms with Crippen molar-refractivity contribution in [2.24, 2.45) is 5.92 Å². The zero-order valence-electron chi connectivity index (χ0n) is 13.2. The maximum Gasteiger partial charge on any atom is 0.416 e. The van der Waals surface area contributed by atoms with Crippen molar-refractivity contribution in [1.29, 1.82) is 0 Å². The van der Waals surface area contributed by atoms with E-state index in [-0.39, 0.29) is 18.1 Å². The number of carbonyl (C=O) groups is 1. The Bertz CT molecular complexity index is 701. The highest BCUT2D eigenvalue weighted by Gasteiger charge is 2.34. The molecule has 0 spiro atoms. The molecular formula is C14H18F3NO5S. The van der Waals surface area contributed by atoms with Crippen molar-refractivity contribution in [3.63, 3.8) is 0 Å². The van der Waals surface area contributed by atoms with Crippen molar-refractivity contribution in [3.8, 4) is 5.75 Å². The lowest BCUT2D eigenvalue weighted by atomic mass is 10.1. The second kappa shape index (κ2) is 7.39. The minimum Gasteiger partial charge on any atom is -0.497 e. The Morgan fingerprint density at radius 3 is 2.29 bits per heavy atom. The molecule has 6 nitrogen and oxygen atoms in total. The van der Waals surface area contributed by atoms with Gasteiger partial charge in [-0.1, -0.05) is 13.8 Å². The van der Waals surface area contributed by atoms with E-state index >= 15 is 0 Å². The summed E-state index contributed by atoms with van der Waals surface area (Å²) < 4.78 is 69.8. The number of methoxy groups -OCH3 is 1. The van der Waals surface area contributed by atoms with Gasteiger partial charge in [-0.25, -0.2) is 8.42 Å². The van der Waals surface area contributed by atoms with E-state index in [0.717, 1.165) is 13.2 Å². The van der Waals surface area contributed by atoms with E-state index in [1.807, 2.05) is 4.72 Å². The van der Waals surface area contributed by atoms with Gasteiger partial charge < -0.3 is 9.84 Å². The van der Waals surface area contributed by atoms with Crippen LogP contribution in [0, 0.1) is 5.92 Å². The molecule has 10 heteroatoms. The summed E-state index contributed by atoms with van der Waals surface area (Å²) >= 11 is 0. The van der Waals surface area contributed by atoms with E-state index in [1.165, 1.54) is 0 Å². The lowest BCUT2D eigenvalue weighted by molar-refractivity contribution is -0.139. The Labute approximate surface area is 137 Å². The van der Waals surface area contributed by atoms with Crippen LogP contribution in [0.4, 0.5) is 13.2 Å². The minimum atomic E-state index is -4.77. The van der Waals surface area contributed by atoms with Crippen LogP contribution in [0.1, 0.15) is 25.8 Å². The van der Waals surface area contributed by atoms with Crippen molar-refractivity contribution in [2.45, 2.75) is 37.4 Å². The number of halogens is 3. The quantitative estimate of drug-likeness (QED) is 0.770. The molecule has 1 aromatic carbocycles. The number of aliphatic carboxylic acids is 1. The molecule has 0 fully saturated rings. The van der Waals surface area contributed by atoms with Crippen LogP contribution in [0.5, 0.6) is 5.75 Å². The molecule has 24 heavy (non-hydrogen) atoms. The molecule has 1 atom stereocenters. The molecule has 0 saturated carbocycles. The third-order valence-corrected chi connectivity index (χ3v) is 4.51. The fourth-order valence-corrected chi connectivity index (χ4v) is 3.20. The molecule has 136 valence electrons. The van der Waals surface area contributed by atoms with Crippen molar-refractivity contribution in [3.05, 3.63) is 23.8 Å². The zero-order valence-corrected chi connectivity index (χ0v) is 14.0. The number of nitrogens with one attached hydrogen (secondary N) is 1. The molecule has 0 aliphatic rings. The van der Waals surface area contributed by atoms with Gasteiger partial charge >= 0.3 is 12.1 Å². The predicted molar refractivity (Wildman–Crippen MR) is 79.2 cm³/mol. The molecule has 0 heterocycles. The number of carboxylic acids is 1. The molecule has 1 rings (SSSR count). The highest BCUT2D eigenvalue weighted by molar-refractivity contribution is 7.89. The zero-order chi connectivity index (χ0) is 18.7. The van der Waals surface area contributed by atoms with Gasteiger partial charge in [-0.2, -0.15) is 17.9 Å². The summed E-state index contributed by atoms with van der Waals surface area (Å²) in [5.41, 5.74) is -1.21. The summed E-state index contributed by atoms with van der Waals surface area (Å²) in [6.45, 7) is 3.38. The lowest BCUT2D eigenvalue weighted by Gasteiger charge is -2.18. The number of alkyl halides is 3. The molecule has 0 aliphatic heterocycles. The third-order valence-electron chi connectivity index (χ3n) is 3.06. The van der Waals surface area contributed by atoms with Gasteiger partial charge in [0.15, 0.2) is 0 Å². The maximum atomic E-state index is 12.9. The second-order valence-corrected chi connectivity index (χ2v) is 7.25. The summed E-state index contributed by atoms with van der Waals surface area (Å²) in [4.78, 5) is 10.4. The molecule has 0 unspecified atom stereocenters. The number of hydrogen-bond donors (Lipinski definition) is 2. The lowest BCUT2D eigenvalue weighted by Crippen LogP contribution is -2.41. The van der Waals surface area contributed by atoms with E-state index in [1.54, 1.807) is 13.8 Å². The first-order chi connectivity index (χ1) is 10.9. The highest BCUT2D eigenvalue weighted by atomic mass is 32.2. The van der Waals surface area contributed by atoms with Crippen LogP contribution in [0.3, 0.4) is 0 Å². The van der Waals surface area contributed by atoms with E-state index in [4.69, 9.17) is 9.84 Å². The number of rotatable bonds is 7. The average molecular weight is 369 g/mol. The molecule has 0 aliphatic carbocycles. The average Bonchev–Trinajstić information content (AvgIpc) is 2.44. The van der Waals surface area contributed by atoms with E-state index in [0.29, 0.717) is 12.1 Å². The molecule has 0 amide bonds. The fourth-order valence-electron chi connectivity index (χ4n) is 1.93. The van der Waals surface area contributed by atoms with Crippen LogP contribution >= 0.6 is 0 Å². The van der Waals surface area contributed by atoms with Crippen LogP contribution in [-0.4, -0.2) is 32.6 Å². The van der Waals surface area contributed by atoms with Gasteiger partial charge in [-0.15, -0.1) is 0 Å². The Hall–Kier alpha value is -1.81. The normalized spacial score (nSPS) is 13.8. The monoisotopic (exact) mass is 369 g/mol. The smallest absolute Gasteiger partial charge is 0.416 e. The summed E-state index contributed by atoms with van der Waals surface area (Å²) in [5.74, 6) is -1.85. The van der Waals surface area contributed by atoms with Crippen LogP contribution in [-0.2, 0) is 21.0 Å². The van der Waals surface area contributed by atoms with Gasteiger partial charge in [0.25, 0.3) is 0 Å². The number of carboxylic acid groups (broad SMARTS) is 1. The maximum absolute atomic E-state index is 12.9. The second-order valence-electron chi connectivity index (χ2n) is 5.54. The molecule has 0 aromatic heterocycles. The molecule has 0 bridgehead atoms. The van der Waals surface area contributed by atoms with Gasteiger partial charge in [-0.3, -0.25) is 4.79 Å². The summed E-state index contributed by atoms with van der Waals surface area (Å²) in [6.07, 6.45) is -4.78. The molecule has 0 saturated heterocycles. The number of sulfonamides is 1. The van der Waals surface area contributed by atoms with E-state index in [2.05, 4.69) is 0 Å². The van der Waals surface area contributed by atoms with Gasteiger partial charge in [0.2, 0.25) is 10.0 Å². The van der Waals surface area contributed by atoms with Crippen LogP contribution in [0.25, 0.3) is 0 Å². The van der Waals surface area contributed by atoms with Crippen molar-refractivity contribution in [1.82, 2.24) is 4.72 Å². The van der Waals surface area contributed by atoms with Crippen LogP contribution in [0.2, 0.25) is 0 Å². The van der Waals surface area contributed by atoms with E-state index < -0.39 is 38.7 Å².